The molecule has 0 unspecified atom stereocenters. The lowest BCUT2D eigenvalue weighted by atomic mass is 10.1. The van der Waals surface area contributed by atoms with Crippen molar-refractivity contribution in [2.24, 2.45) is 0 Å². The van der Waals surface area contributed by atoms with Crippen LogP contribution in [-0.4, -0.2) is 33.0 Å². The molecule has 2 aromatic carbocycles. The number of hydrogen-bond acceptors (Lipinski definition) is 4. The van der Waals surface area contributed by atoms with Gasteiger partial charge in [0, 0.05) is 13.1 Å². The molecule has 4 rings (SSSR count). The summed E-state index contributed by atoms with van der Waals surface area (Å²) >= 11 is 0. The molecule has 26 heavy (non-hydrogen) atoms. The highest BCUT2D eigenvalue weighted by Crippen LogP contribution is 2.23. The molecule has 7 heteroatoms. The number of carbonyl (C=O) groups is 1. The summed E-state index contributed by atoms with van der Waals surface area (Å²) in [5.74, 6) is 0.110. The maximum absolute atomic E-state index is 13.8. The summed E-state index contributed by atoms with van der Waals surface area (Å²) in [6.45, 7) is 0.287. The van der Waals surface area contributed by atoms with E-state index in [1.54, 1.807) is 25.2 Å². The first-order valence-electron chi connectivity index (χ1n) is 8.02. The van der Waals surface area contributed by atoms with Crippen molar-refractivity contribution in [3.05, 3.63) is 71.9 Å². The van der Waals surface area contributed by atoms with E-state index in [1.807, 2.05) is 24.3 Å². The molecule has 1 N–H and O–H groups in total. The number of benzene rings is 2. The number of hydrogen-bond donors (Lipinski definition) is 1. The molecule has 6 nitrogen and oxygen atoms in total. The third kappa shape index (κ3) is 2.95. The molecule has 0 fully saturated rings. The molecule has 0 saturated heterocycles. The molecule has 4 aromatic rings. The summed E-state index contributed by atoms with van der Waals surface area (Å²) in [6, 6.07) is 15.3. The molecule has 2 aromatic heterocycles. The Labute approximate surface area is 148 Å². The van der Waals surface area contributed by atoms with Crippen LogP contribution < -0.4 is 0 Å². The number of rotatable bonds is 4. The average Bonchev–Trinajstić information content (AvgIpc) is 3.28. The van der Waals surface area contributed by atoms with Crippen LogP contribution in [0.15, 0.2) is 59.1 Å². The van der Waals surface area contributed by atoms with E-state index in [9.17, 15) is 9.18 Å². The lowest BCUT2D eigenvalue weighted by Crippen LogP contribution is -2.26. The number of halogens is 1. The van der Waals surface area contributed by atoms with Gasteiger partial charge in [-0.25, -0.2) is 9.37 Å². The lowest BCUT2D eigenvalue weighted by molar-refractivity contribution is 0.0771. The Hall–Kier alpha value is -3.48. The minimum absolute atomic E-state index is 0.113. The van der Waals surface area contributed by atoms with Crippen molar-refractivity contribution in [1.82, 2.24) is 20.0 Å². The molecule has 0 atom stereocenters. The second-order valence-electron chi connectivity index (χ2n) is 5.92. The smallest absolute Gasteiger partial charge is 0.276 e. The Morgan fingerprint density at radius 2 is 1.96 bits per heavy atom. The number of para-hydroxylation sites is 2. The van der Waals surface area contributed by atoms with Gasteiger partial charge in [-0.2, -0.15) is 0 Å². The van der Waals surface area contributed by atoms with Gasteiger partial charge >= 0.3 is 0 Å². The zero-order chi connectivity index (χ0) is 18.1. The summed E-state index contributed by atoms with van der Waals surface area (Å²) in [7, 11) is 1.65. The van der Waals surface area contributed by atoms with Crippen LogP contribution in [0, 0.1) is 5.82 Å². The van der Waals surface area contributed by atoms with Gasteiger partial charge in [-0.15, -0.1) is 0 Å². The number of aromatic amines is 1. The van der Waals surface area contributed by atoms with Crippen LogP contribution in [0.3, 0.4) is 0 Å². The summed E-state index contributed by atoms with van der Waals surface area (Å²) in [6.07, 6.45) is 0. The second kappa shape index (κ2) is 6.44. The highest BCUT2D eigenvalue weighted by atomic mass is 19.1. The van der Waals surface area contributed by atoms with E-state index in [4.69, 9.17) is 4.52 Å². The van der Waals surface area contributed by atoms with E-state index in [2.05, 4.69) is 15.1 Å². The van der Waals surface area contributed by atoms with Gasteiger partial charge in [-0.05, 0) is 24.3 Å². The zero-order valence-electron chi connectivity index (χ0n) is 13.9. The Morgan fingerprint density at radius 3 is 2.77 bits per heavy atom. The molecule has 0 aliphatic heterocycles. The van der Waals surface area contributed by atoms with Crippen molar-refractivity contribution < 1.29 is 13.7 Å². The van der Waals surface area contributed by atoms with Crippen molar-refractivity contribution >= 4 is 16.9 Å². The van der Waals surface area contributed by atoms with Gasteiger partial charge < -0.3 is 14.4 Å². The molecule has 1 amide bonds. The third-order valence-electron chi connectivity index (χ3n) is 4.04. The number of aromatic nitrogens is 3. The highest BCUT2D eigenvalue weighted by Gasteiger charge is 2.20. The standard InChI is InChI=1S/C19H15FN4O2/c1-24(11-18-21-14-8-4-5-9-15(14)22-18)19(25)16-10-17(26-23-16)12-6-2-3-7-13(12)20/h2-10H,11H2,1H3,(H,21,22). The lowest BCUT2D eigenvalue weighted by Gasteiger charge is -2.13. The first-order chi connectivity index (χ1) is 12.6. The molecule has 2 heterocycles. The van der Waals surface area contributed by atoms with Crippen LogP contribution in [0.5, 0.6) is 0 Å². The molecule has 0 aliphatic rings. The Morgan fingerprint density at radius 1 is 1.19 bits per heavy atom. The van der Waals surface area contributed by atoms with Crippen molar-refractivity contribution in [2.75, 3.05) is 7.05 Å². The first-order valence-corrected chi connectivity index (χ1v) is 8.02. The van der Waals surface area contributed by atoms with E-state index in [1.165, 1.54) is 17.0 Å². The molecule has 130 valence electrons. The van der Waals surface area contributed by atoms with Gasteiger partial charge in [0.1, 0.15) is 11.6 Å². The van der Waals surface area contributed by atoms with E-state index >= 15 is 0 Å². The predicted molar refractivity (Wildman–Crippen MR) is 93.8 cm³/mol. The largest absolute Gasteiger partial charge is 0.355 e. The Balaban J connectivity index is 1.53. The van der Waals surface area contributed by atoms with E-state index < -0.39 is 5.82 Å². The molecular formula is C19H15FN4O2. The van der Waals surface area contributed by atoms with Crippen molar-refractivity contribution in [3.63, 3.8) is 0 Å². The SMILES string of the molecule is CN(Cc1nc2ccccc2[nH]1)C(=O)c1cc(-c2ccccc2F)on1. The fourth-order valence-electron chi connectivity index (χ4n) is 2.74. The predicted octanol–water partition coefficient (Wildman–Crippen LogP) is 3.63. The number of nitrogens with zero attached hydrogens (tertiary/aromatic N) is 3. The van der Waals surface area contributed by atoms with Crippen molar-refractivity contribution in [3.8, 4) is 11.3 Å². The molecule has 0 radical (unpaired) electrons. The Bertz CT molecular complexity index is 1050. The summed E-state index contributed by atoms with van der Waals surface area (Å²) in [5, 5.41) is 3.78. The molecular weight excluding hydrogens is 335 g/mol. The topological polar surface area (TPSA) is 75.0 Å². The van der Waals surface area contributed by atoms with E-state index in [0.717, 1.165) is 11.0 Å². The number of carbonyl (C=O) groups excluding carboxylic acids is 1. The number of fused-ring (bicyclic) bond motifs is 1. The highest BCUT2D eigenvalue weighted by molar-refractivity contribution is 5.93. The Kier molecular flexibility index (Phi) is 3.96. The van der Waals surface area contributed by atoms with Gasteiger partial charge in [-0.3, -0.25) is 4.79 Å². The number of imidazole rings is 1. The van der Waals surface area contributed by atoms with Gasteiger partial charge in [0.2, 0.25) is 0 Å². The summed E-state index contributed by atoms with van der Waals surface area (Å²) < 4.78 is 19.0. The van der Waals surface area contributed by atoms with Crippen LogP contribution in [-0.2, 0) is 6.54 Å². The van der Waals surface area contributed by atoms with Crippen LogP contribution in [0.1, 0.15) is 16.3 Å². The van der Waals surface area contributed by atoms with Crippen LogP contribution >= 0.6 is 0 Å². The zero-order valence-corrected chi connectivity index (χ0v) is 13.9. The number of nitrogens with one attached hydrogen (secondary N) is 1. The summed E-state index contributed by atoms with van der Waals surface area (Å²) in [5.41, 5.74) is 2.12. The van der Waals surface area contributed by atoms with E-state index in [0.29, 0.717) is 5.82 Å². The van der Waals surface area contributed by atoms with Crippen LogP contribution in [0.4, 0.5) is 4.39 Å². The minimum Gasteiger partial charge on any atom is -0.355 e. The monoisotopic (exact) mass is 350 g/mol. The van der Waals surface area contributed by atoms with Gasteiger partial charge in [0.15, 0.2) is 11.5 Å². The number of H-pyrrole nitrogens is 1. The maximum Gasteiger partial charge on any atom is 0.276 e. The van der Waals surface area contributed by atoms with Gasteiger partial charge in [0.05, 0.1) is 23.1 Å². The van der Waals surface area contributed by atoms with E-state index in [-0.39, 0.29) is 29.5 Å². The molecule has 0 aliphatic carbocycles. The first kappa shape index (κ1) is 16.0. The maximum atomic E-state index is 13.8. The van der Waals surface area contributed by atoms with Crippen LogP contribution in [0.2, 0.25) is 0 Å². The third-order valence-corrected chi connectivity index (χ3v) is 4.04. The fraction of sp³-hybridized carbons (Fsp3) is 0.105. The average molecular weight is 350 g/mol. The molecule has 0 bridgehead atoms. The summed E-state index contributed by atoms with van der Waals surface area (Å²) in [4.78, 5) is 21.7. The number of amides is 1. The molecule has 0 spiro atoms. The van der Waals surface area contributed by atoms with Crippen molar-refractivity contribution in [2.45, 2.75) is 6.54 Å². The normalized spacial score (nSPS) is 11.0. The quantitative estimate of drug-likeness (QED) is 0.610. The van der Waals surface area contributed by atoms with Gasteiger partial charge in [-0.1, -0.05) is 29.4 Å². The fourth-order valence-corrected chi connectivity index (χ4v) is 2.74. The minimum atomic E-state index is -0.432. The molecule has 0 saturated carbocycles. The van der Waals surface area contributed by atoms with Crippen molar-refractivity contribution in [1.29, 1.82) is 0 Å². The van der Waals surface area contributed by atoms with Crippen LogP contribution in [0.25, 0.3) is 22.4 Å². The second-order valence-corrected chi connectivity index (χ2v) is 5.92. The van der Waals surface area contributed by atoms with Gasteiger partial charge in [0.25, 0.3) is 5.91 Å².